The van der Waals surface area contributed by atoms with Gasteiger partial charge in [0.15, 0.2) is 0 Å². The summed E-state index contributed by atoms with van der Waals surface area (Å²) >= 11 is 0. The molecular weight excluding hydrogens is 250 g/mol. The highest BCUT2D eigenvalue weighted by atomic mass is 15.4. The molecule has 3 rings (SSSR count). The number of hydrogen-bond acceptors (Lipinski definition) is 4. The van der Waals surface area contributed by atoms with Crippen LogP contribution in [0.4, 0.5) is 11.5 Å². The van der Waals surface area contributed by atoms with Crippen molar-refractivity contribution in [2.75, 3.05) is 36.8 Å². The predicted molar refractivity (Wildman–Crippen MR) is 83.0 cm³/mol. The van der Waals surface area contributed by atoms with Gasteiger partial charge in [0, 0.05) is 26.2 Å². The fourth-order valence-electron chi connectivity index (χ4n) is 3.76. The van der Waals surface area contributed by atoms with E-state index in [4.69, 9.17) is 5.73 Å². The van der Waals surface area contributed by atoms with Crippen molar-refractivity contribution in [2.45, 2.75) is 45.1 Å². The van der Waals surface area contributed by atoms with Crippen LogP contribution in [0.2, 0.25) is 0 Å². The van der Waals surface area contributed by atoms with E-state index < -0.39 is 0 Å². The molecule has 20 heavy (non-hydrogen) atoms. The summed E-state index contributed by atoms with van der Waals surface area (Å²) in [6.07, 6.45) is 6.69. The van der Waals surface area contributed by atoms with E-state index in [1.165, 1.54) is 45.2 Å². The number of anilines is 2. The summed E-state index contributed by atoms with van der Waals surface area (Å²) in [5, 5.41) is 4.43. The van der Waals surface area contributed by atoms with E-state index in [9.17, 15) is 0 Å². The van der Waals surface area contributed by atoms with E-state index in [0.717, 1.165) is 36.3 Å². The summed E-state index contributed by atoms with van der Waals surface area (Å²) in [7, 11) is 2.00. The fraction of sp³-hybridized carbons (Fsp3) is 0.800. The molecule has 0 atom stereocenters. The van der Waals surface area contributed by atoms with Gasteiger partial charge in [-0.3, -0.25) is 4.68 Å². The Morgan fingerprint density at radius 1 is 1.05 bits per heavy atom. The topological polar surface area (TPSA) is 50.3 Å². The van der Waals surface area contributed by atoms with Crippen molar-refractivity contribution >= 4 is 11.5 Å². The Bertz CT molecular complexity index is 453. The molecule has 0 saturated carbocycles. The van der Waals surface area contributed by atoms with Crippen LogP contribution in [-0.2, 0) is 7.05 Å². The number of hydrogen-bond donors (Lipinski definition) is 1. The summed E-state index contributed by atoms with van der Waals surface area (Å²) in [4.78, 5) is 5.12. The quantitative estimate of drug-likeness (QED) is 0.895. The average molecular weight is 277 g/mol. The second kappa shape index (κ2) is 5.64. The van der Waals surface area contributed by atoms with Gasteiger partial charge in [0.25, 0.3) is 0 Å². The van der Waals surface area contributed by atoms with Crippen LogP contribution in [-0.4, -0.2) is 46.9 Å². The lowest BCUT2D eigenvalue weighted by Gasteiger charge is -2.40. The van der Waals surface area contributed by atoms with E-state index in [1.807, 2.05) is 18.7 Å². The average Bonchev–Trinajstić information content (AvgIpc) is 2.73. The standard InChI is InChI=1S/C15H27N5/c1-12-14(16)15(18(2)17-12)20-10-6-13(7-11-20)19-8-4-3-5-9-19/h13H,3-11,16H2,1-2H3. The first-order valence-corrected chi connectivity index (χ1v) is 7.95. The molecule has 0 aromatic carbocycles. The third-order valence-electron chi connectivity index (χ3n) is 4.91. The number of aromatic nitrogens is 2. The molecule has 0 bridgehead atoms. The summed E-state index contributed by atoms with van der Waals surface area (Å²) in [5.41, 5.74) is 7.97. The number of rotatable bonds is 2. The molecule has 5 heteroatoms. The largest absolute Gasteiger partial charge is 0.394 e. The monoisotopic (exact) mass is 277 g/mol. The SMILES string of the molecule is Cc1nn(C)c(N2CCC(N3CCCCC3)CC2)c1N. The minimum atomic E-state index is 0.780. The zero-order valence-corrected chi connectivity index (χ0v) is 12.8. The van der Waals surface area contributed by atoms with Crippen LogP contribution in [0.3, 0.4) is 0 Å². The van der Waals surface area contributed by atoms with Crippen molar-refractivity contribution in [1.29, 1.82) is 0 Å². The van der Waals surface area contributed by atoms with Gasteiger partial charge in [0.05, 0.1) is 11.4 Å². The van der Waals surface area contributed by atoms with E-state index in [0.29, 0.717) is 0 Å². The Morgan fingerprint density at radius 2 is 1.70 bits per heavy atom. The maximum Gasteiger partial charge on any atom is 0.150 e. The molecule has 2 aliphatic rings. The zero-order chi connectivity index (χ0) is 14.1. The molecule has 3 heterocycles. The fourth-order valence-corrected chi connectivity index (χ4v) is 3.76. The molecule has 0 aliphatic carbocycles. The molecule has 1 aromatic heterocycles. The van der Waals surface area contributed by atoms with Gasteiger partial charge in [-0.25, -0.2) is 0 Å². The maximum atomic E-state index is 6.18. The lowest BCUT2D eigenvalue weighted by atomic mass is 10.00. The predicted octanol–water partition coefficient (Wildman–Crippen LogP) is 1.77. The Labute approximate surface area is 121 Å². The first kappa shape index (κ1) is 13.7. The number of aryl methyl sites for hydroxylation is 2. The number of nitrogen functional groups attached to an aromatic ring is 1. The minimum Gasteiger partial charge on any atom is -0.394 e. The molecule has 2 fully saturated rings. The van der Waals surface area contributed by atoms with Crippen molar-refractivity contribution < 1.29 is 0 Å². The highest BCUT2D eigenvalue weighted by Gasteiger charge is 2.27. The molecule has 0 amide bonds. The summed E-state index contributed by atoms with van der Waals surface area (Å²) in [6, 6.07) is 0.780. The van der Waals surface area contributed by atoms with Crippen LogP contribution in [0.25, 0.3) is 0 Å². The van der Waals surface area contributed by atoms with Crippen LogP contribution >= 0.6 is 0 Å². The third-order valence-corrected chi connectivity index (χ3v) is 4.91. The van der Waals surface area contributed by atoms with Crippen LogP contribution in [0, 0.1) is 6.92 Å². The molecule has 2 N–H and O–H groups in total. The van der Waals surface area contributed by atoms with Crippen molar-refractivity contribution in [1.82, 2.24) is 14.7 Å². The van der Waals surface area contributed by atoms with Gasteiger partial charge in [-0.2, -0.15) is 5.10 Å². The second-order valence-electron chi connectivity index (χ2n) is 6.26. The van der Waals surface area contributed by atoms with Crippen LogP contribution in [0.15, 0.2) is 0 Å². The lowest BCUT2D eigenvalue weighted by molar-refractivity contribution is 0.141. The molecule has 5 nitrogen and oxygen atoms in total. The van der Waals surface area contributed by atoms with E-state index in [2.05, 4.69) is 14.9 Å². The van der Waals surface area contributed by atoms with Gasteiger partial charge < -0.3 is 15.5 Å². The normalized spacial score (nSPS) is 22.4. The van der Waals surface area contributed by atoms with Crippen molar-refractivity contribution in [3.63, 3.8) is 0 Å². The Hall–Kier alpha value is -1.23. The molecule has 2 saturated heterocycles. The van der Waals surface area contributed by atoms with Gasteiger partial charge in [0.2, 0.25) is 0 Å². The van der Waals surface area contributed by atoms with Gasteiger partial charge in [-0.05, 0) is 45.7 Å². The maximum absolute atomic E-state index is 6.18. The third kappa shape index (κ3) is 2.51. The van der Waals surface area contributed by atoms with Gasteiger partial charge in [-0.15, -0.1) is 0 Å². The van der Waals surface area contributed by atoms with Crippen LogP contribution in [0.1, 0.15) is 37.8 Å². The zero-order valence-electron chi connectivity index (χ0n) is 12.8. The highest BCUT2D eigenvalue weighted by Crippen LogP contribution is 2.29. The van der Waals surface area contributed by atoms with Gasteiger partial charge >= 0.3 is 0 Å². The second-order valence-corrected chi connectivity index (χ2v) is 6.26. The molecule has 112 valence electrons. The summed E-state index contributed by atoms with van der Waals surface area (Å²) in [5.74, 6) is 1.11. The van der Waals surface area contributed by atoms with Crippen molar-refractivity contribution in [2.24, 2.45) is 7.05 Å². The number of nitrogens with zero attached hydrogens (tertiary/aromatic N) is 4. The smallest absolute Gasteiger partial charge is 0.150 e. The van der Waals surface area contributed by atoms with Gasteiger partial charge in [-0.1, -0.05) is 6.42 Å². The van der Waals surface area contributed by atoms with Gasteiger partial charge in [0.1, 0.15) is 5.82 Å². The Kier molecular flexibility index (Phi) is 3.87. The van der Waals surface area contributed by atoms with E-state index in [1.54, 1.807) is 0 Å². The minimum absolute atomic E-state index is 0.780. The van der Waals surface area contributed by atoms with Crippen molar-refractivity contribution in [3.8, 4) is 0 Å². The molecule has 0 unspecified atom stereocenters. The van der Waals surface area contributed by atoms with Crippen LogP contribution < -0.4 is 10.6 Å². The molecule has 0 spiro atoms. The Morgan fingerprint density at radius 3 is 2.25 bits per heavy atom. The summed E-state index contributed by atoms with van der Waals surface area (Å²) < 4.78 is 1.94. The molecule has 1 aromatic rings. The Balaban J connectivity index is 1.63. The highest BCUT2D eigenvalue weighted by molar-refractivity contribution is 5.66. The first-order valence-electron chi connectivity index (χ1n) is 7.95. The van der Waals surface area contributed by atoms with E-state index in [-0.39, 0.29) is 0 Å². The number of likely N-dealkylation sites (tertiary alicyclic amines) is 1. The molecular formula is C15H27N5. The van der Waals surface area contributed by atoms with E-state index >= 15 is 0 Å². The number of nitrogens with two attached hydrogens (primary N) is 1. The van der Waals surface area contributed by atoms with Crippen LogP contribution in [0.5, 0.6) is 0 Å². The molecule has 2 aliphatic heterocycles. The summed E-state index contributed by atoms with van der Waals surface area (Å²) in [6.45, 7) is 6.79. The van der Waals surface area contributed by atoms with Crippen molar-refractivity contribution in [3.05, 3.63) is 5.69 Å². The first-order chi connectivity index (χ1) is 9.66. The lowest BCUT2D eigenvalue weighted by Crippen LogP contribution is -2.47. The molecule has 0 radical (unpaired) electrons. The number of piperidine rings is 2.